The molecule has 24 heavy (non-hydrogen) atoms. The molecule has 0 aliphatic carbocycles. The minimum Gasteiger partial charge on any atom is -0.370 e. The predicted molar refractivity (Wildman–Crippen MR) is 89.5 cm³/mol. The van der Waals surface area contributed by atoms with Crippen LogP contribution in [0.4, 0.5) is 22.7 Å². The van der Waals surface area contributed by atoms with Crippen LogP contribution in [0.3, 0.4) is 0 Å². The quantitative estimate of drug-likeness (QED) is 0.268. The molecule has 9 nitrogen and oxygen atoms in total. The van der Waals surface area contributed by atoms with Crippen LogP contribution in [0.2, 0.25) is 0 Å². The fraction of sp³-hybridized carbons (Fsp3) is 0.0769. The Labute approximate surface area is 160 Å². The first kappa shape index (κ1) is 20.2. The van der Waals surface area contributed by atoms with Gasteiger partial charge in [-0.05, 0) is 36.4 Å². The topological polar surface area (TPSA) is 134 Å². The monoisotopic (exact) mass is 359 g/mol. The van der Waals surface area contributed by atoms with Crippen molar-refractivity contribution in [2.75, 3.05) is 11.2 Å². The van der Waals surface area contributed by atoms with Gasteiger partial charge in [-0.2, -0.15) is 18.6 Å². The van der Waals surface area contributed by atoms with Crippen molar-refractivity contribution >= 4 is 62.4 Å². The van der Waals surface area contributed by atoms with Crippen molar-refractivity contribution in [1.29, 1.82) is 0 Å². The van der Waals surface area contributed by atoms with Gasteiger partial charge in [0.15, 0.2) is 0 Å². The summed E-state index contributed by atoms with van der Waals surface area (Å²) in [4.78, 5) is 10.0. The Morgan fingerprint density at radius 2 is 1.46 bits per heavy atom. The van der Waals surface area contributed by atoms with Gasteiger partial charge in [-0.1, -0.05) is 0 Å². The molecule has 2 rings (SSSR count). The summed E-state index contributed by atoms with van der Waals surface area (Å²) in [5.74, 6) is -0.587. The van der Waals surface area contributed by atoms with Crippen LogP contribution in [-0.4, -0.2) is 53.3 Å². The number of azo groups is 1. The SMILES string of the molecule is O=[N+]([O-])c1ccc(N=Nc2ccc(NCS(=O)(=O)O)cc2)cc1.[Na]. The van der Waals surface area contributed by atoms with E-state index in [9.17, 15) is 18.5 Å². The molecule has 0 unspecified atom stereocenters. The van der Waals surface area contributed by atoms with Crippen molar-refractivity contribution in [2.24, 2.45) is 10.2 Å². The number of benzene rings is 2. The van der Waals surface area contributed by atoms with E-state index in [1.54, 1.807) is 24.3 Å². The summed E-state index contributed by atoms with van der Waals surface area (Å²) in [5, 5.41) is 21.0. The van der Waals surface area contributed by atoms with E-state index in [0.29, 0.717) is 17.1 Å². The van der Waals surface area contributed by atoms with E-state index in [4.69, 9.17) is 4.55 Å². The van der Waals surface area contributed by atoms with Crippen LogP contribution in [0.15, 0.2) is 58.8 Å². The molecular formula is C13H12N4NaO5S. The number of nitrogens with zero attached hydrogens (tertiary/aromatic N) is 3. The summed E-state index contributed by atoms with van der Waals surface area (Å²) >= 11 is 0. The Balaban J connectivity index is 0.00000288. The Hall–Kier alpha value is -1.85. The van der Waals surface area contributed by atoms with Gasteiger partial charge in [-0.3, -0.25) is 14.7 Å². The Bertz CT molecular complexity index is 822. The Morgan fingerprint density at radius 3 is 1.88 bits per heavy atom. The van der Waals surface area contributed by atoms with Crippen LogP contribution in [0.1, 0.15) is 0 Å². The third-order valence-electron chi connectivity index (χ3n) is 2.67. The fourth-order valence-electron chi connectivity index (χ4n) is 1.58. The van der Waals surface area contributed by atoms with Crippen LogP contribution >= 0.6 is 0 Å². The molecule has 2 N–H and O–H groups in total. The van der Waals surface area contributed by atoms with Crippen molar-refractivity contribution in [2.45, 2.75) is 0 Å². The van der Waals surface area contributed by atoms with E-state index in [2.05, 4.69) is 15.5 Å². The van der Waals surface area contributed by atoms with Crippen LogP contribution in [-0.2, 0) is 10.1 Å². The summed E-state index contributed by atoms with van der Waals surface area (Å²) in [6, 6.07) is 12.0. The molecule has 0 bridgehead atoms. The van der Waals surface area contributed by atoms with Crippen LogP contribution in [0.5, 0.6) is 0 Å². The molecule has 0 fully saturated rings. The molecular weight excluding hydrogens is 347 g/mol. The number of non-ortho nitro benzene ring substituents is 1. The Morgan fingerprint density at radius 1 is 1.00 bits per heavy atom. The number of rotatable bonds is 6. The van der Waals surface area contributed by atoms with Gasteiger partial charge in [-0.25, -0.2) is 0 Å². The van der Waals surface area contributed by atoms with Crippen LogP contribution < -0.4 is 5.32 Å². The molecule has 0 aliphatic rings. The maximum absolute atomic E-state index is 10.6. The van der Waals surface area contributed by atoms with E-state index < -0.39 is 20.9 Å². The maximum atomic E-state index is 10.6. The van der Waals surface area contributed by atoms with E-state index in [0.717, 1.165) is 0 Å². The number of nitrogens with one attached hydrogen (secondary N) is 1. The van der Waals surface area contributed by atoms with E-state index in [1.807, 2.05) is 0 Å². The first-order valence-electron chi connectivity index (χ1n) is 6.29. The van der Waals surface area contributed by atoms with E-state index in [-0.39, 0.29) is 35.2 Å². The minimum atomic E-state index is -4.09. The average molecular weight is 359 g/mol. The average Bonchev–Trinajstić information content (AvgIpc) is 2.51. The molecule has 121 valence electrons. The third kappa shape index (κ3) is 6.72. The zero-order valence-corrected chi connectivity index (χ0v) is 15.5. The summed E-state index contributed by atoms with van der Waals surface area (Å²) in [6.07, 6.45) is 0. The molecule has 0 aromatic heterocycles. The zero-order chi connectivity index (χ0) is 16.9. The molecule has 2 aromatic carbocycles. The predicted octanol–water partition coefficient (Wildman–Crippen LogP) is 2.89. The summed E-state index contributed by atoms with van der Waals surface area (Å²) in [7, 11) is -4.09. The molecule has 0 atom stereocenters. The molecule has 0 heterocycles. The molecule has 0 saturated carbocycles. The van der Waals surface area contributed by atoms with E-state index >= 15 is 0 Å². The largest absolute Gasteiger partial charge is 0.370 e. The van der Waals surface area contributed by atoms with Gasteiger partial charge in [0.2, 0.25) is 0 Å². The minimum absolute atomic E-state index is 0. The van der Waals surface area contributed by atoms with Crippen molar-refractivity contribution < 1.29 is 17.9 Å². The normalized spacial score (nSPS) is 11.0. The Kier molecular flexibility index (Phi) is 7.45. The molecule has 11 heteroatoms. The third-order valence-corrected chi connectivity index (χ3v) is 3.18. The van der Waals surface area contributed by atoms with Gasteiger partial charge in [0.25, 0.3) is 15.8 Å². The molecule has 0 saturated heterocycles. The van der Waals surface area contributed by atoms with Crippen LogP contribution in [0.25, 0.3) is 0 Å². The number of nitro groups is 1. The van der Waals surface area contributed by atoms with Gasteiger partial charge in [-0.15, -0.1) is 0 Å². The standard InChI is InChI=1S/C13H12N4O5S.Na/c18-17(19)13-7-5-12(6-8-13)16-15-11-3-1-10(2-4-11)14-9-23(20,21)22;/h1-8,14H,9H2,(H,20,21,22);. The molecule has 0 amide bonds. The number of hydrogen-bond acceptors (Lipinski definition) is 7. The number of anilines is 1. The van der Waals surface area contributed by atoms with Crippen molar-refractivity contribution in [3.05, 3.63) is 58.6 Å². The van der Waals surface area contributed by atoms with Gasteiger partial charge < -0.3 is 5.32 Å². The van der Waals surface area contributed by atoms with Crippen molar-refractivity contribution in [1.82, 2.24) is 0 Å². The fourth-order valence-corrected chi connectivity index (χ4v) is 1.93. The second kappa shape index (κ2) is 8.85. The summed E-state index contributed by atoms with van der Waals surface area (Å²) < 4.78 is 29.9. The number of hydrogen-bond donors (Lipinski definition) is 2. The van der Waals surface area contributed by atoms with Gasteiger partial charge >= 0.3 is 0 Å². The first-order valence-corrected chi connectivity index (χ1v) is 7.90. The second-order valence-electron chi connectivity index (χ2n) is 4.42. The van der Waals surface area contributed by atoms with Crippen molar-refractivity contribution in [3.63, 3.8) is 0 Å². The smallest absolute Gasteiger partial charge is 0.283 e. The van der Waals surface area contributed by atoms with Crippen molar-refractivity contribution in [3.8, 4) is 0 Å². The molecule has 0 spiro atoms. The molecule has 1 radical (unpaired) electrons. The van der Waals surface area contributed by atoms with E-state index in [1.165, 1.54) is 24.3 Å². The summed E-state index contributed by atoms with van der Waals surface area (Å²) in [6.45, 7) is 0. The number of nitro benzene ring substituents is 1. The van der Waals surface area contributed by atoms with Gasteiger partial charge in [0.05, 0.1) is 16.3 Å². The summed E-state index contributed by atoms with van der Waals surface area (Å²) in [5.41, 5.74) is 1.44. The van der Waals surface area contributed by atoms with Crippen LogP contribution in [0, 0.1) is 10.1 Å². The maximum Gasteiger partial charge on any atom is 0.283 e. The zero-order valence-electron chi connectivity index (χ0n) is 12.7. The van der Waals surface area contributed by atoms with Gasteiger partial charge in [0, 0.05) is 47.4 Å². The molecule has 2 aromatic rings. The second-order valence-corrected chi connectivity index (χ2v) is 5.88. The molecule has 0 aliphatic heterocycles. The first-order chi connectivity index (χ1) is 10.8. The van der Waals surface area contributed by atoms with Gasteiger partial charge in [0.1, 0.15) is 5.88 Å².